The van der Waals surface area contributed by atoms with Gasteiger partial charge in [0.1, 0.15) is 5.75 Å². The predicted molar refractivity (Wildman–Crippen MR) is 99.6 cm³/mol. The average Bonchev–Trinajstić information content (AvgIpc) is 2.54. The van der Waals surface area contributed by atoms with Gasteiger partial charge < -0.3 is 14.7 Å². The van der Waals surface area contributed by atoms with Crippen LogP contribution >= 0.6 is 0 Å². The summed E-state index contributed by atoms with van der Waals surface area (Å²) in [5.41, 5.74) is 3.92. The largest absolute Gasteiger partial charge is 0.496 e. The molecule has 0 radical (unpaired) electrons. The Hall–Kier alpha value is -1.10. The van der Waals surface area contributed by atoms with Crippen LogP contribution in [0.5, 0.6) is 5.75 Å². The smallest absolute Gasteiger partial charge is 0.122 e. The van der Waals surface area contributed by atoms with Crippen LogP contribution in [0.3, 0.4) is 0 Å². The first-order valence-corrected chi connectivity index (χ1v) is 9.16. The molecule has 24 heavy (non-hydrogen) atoms. The van der Waals surface area contributed by atoms with Crippen molar-refractivity contribution in [2.24, 2.45) is 5.92 Å². The second-order valence-electron chi connectivity index (χ2n) is 7.47. The zero-order valence-electron chi connectivity index (χ0n) is 16.0. The van der Waals surface area contributed by atoms with Gasteiger partial charge in [0.2, 0.25) is 0 Å². The number of rotatable bonds is 7. The minimum Gasteiger partial charge on any atom is -0.496 e. The van der Waals surface area contributed by atoms with Gasteiger partial charge in [-0.1, -0.05) is 19.9 Å². The average molecular weight is 335 g/mol. The lowest BCUT2D eigenvalue weighted by atomic mass is 10.00. The monoisotopic (exact) mass is 334 g/mol. The molecule has 0 aromatic heterocycles. The third kappa shape index (κ3) is 4.71. The molecule has 136 valence electrons. The Labute approximate surface area is 147 Å². The van der Waals surface area contributed by atoms with E-state index in [4.69, 9.17) is 4.74 Å². The molecule has 0 saturated carbocycles. The van der Waals surface area contributed by atoms with Gasteiger partial charge in [-0.05, 0) is 48.9 Å². The summed E-state index contributed by atoms with van der Waals surface area (Å²) in [5, 5.41) is 9.48. The molecule has 0 amide bonds. The summed E-state index contributed by atoms with van der Waals surface area (Å²) in [4.78, 5) is 5.09. The van der Waals surface area contributed by atoms with Crippen molar-refractivity contribution >= 4 is 0 Å². The quantitative estimate of drug-likeness (QED) is 0.832. The van der Waals surface area contributed by atoms with E-state index < -0.39 is 0 Å². The Morgan fingerprint density at radius 1 is 1.21 bits per heavy atom. The molecular weight excluding hydrogens is 300 g/mol. The highest BCUT2D eigenvalue weighted by molar-refractivity contribution is 5.43. The number of ether oxygens (including phenoxy) is 1. The maximum atomic E-state index is 9.48. The van der Waals surface area contributed by atoms with E-state index in [0.29, 0.717) is 12.0 Å². The molecule has 1 N–H and O–H groups in total. The molecule has 4 nitrogen and oxygen atoms in total. The molecule has 0 spiro atoms. The molecule has 1 heterocycles. The summed E-state index contributed by atoms with van der Waals surface area (Å²) in [5.74, 6) is 1.66. The molecule has 1 aliphatic heterocycles. The minimum atomic E-state index is 0.261. The highest BCUT2D eigenvalue weighted by atomic mass is 16.5. The van der Waals surface area contributed by atoms with Gasteiger partial charge in [0, 0.05) is 45.4 Å². The number of hydrogen-bond donors (Lipinski definition) is 1. The van der Waals surface area contributed by atoms with Crippen molar-refractivity contribution in [3.63, 3.8) is 0 Å². The van der Waals surface area contributed by atoms with Gasteiger partial charge in [0.25, 0.3) is 0 Å². The van der Waals surface area contributed by atoms with E-state index in [0.717, 1.165) is 44.9 Å². The summed E-state index contributed by atoms with van der Waals surface area (Å²) in [6, 6.07) is 4.70. The third-order valence-electron chi connectivity index (χ3n) is 5.22. The Kier molecular flexibility index (Phi) is 7.08. The zero-order chi connectivity index (χ0) is 17.7. The SMILES string of the molecule is COc1ccc(CN2CCN(CC(C)C)C[C@H]2CCO)c(C)c1C. The Morgan fingerprint density at radius 3 is 2.58 bits per heavy atom. The second kappa shape index (κ2) is 8.84. The number of aliphatic hydroxyl groups is 1. The van der Waals surface area contributed by atoms with E-state index in [2.05, 4.69) is 49.6 Å². The molecule has 1 fully saturated rings. The normalized spacial score (nSPS) is 19.9. The molecular formula is C20H34N2O2. The fourth-order valence-electron chi connectivity index (χ4n) is 3.73. The van der Waals surface area contributed by atoms with Crippen molar-refractivity contribution in [2.45, 2.75) is 46.7 Å². The van der Waals surface area contributed by atoms with Crippen molar-refractivity contribution in [2.75, 3.05) is 39.9 Å². The molecule has 0 aliphatic carbocycles. The maximum Gasteiger partial charge on any atom is 0.122 e. The summed E-state index contributed by atoms with van der Waals surface area (Å²) in [6.07, 6.45) is 0.850. The predicted octanol–water partition coefficient (Wildman–Crippen LogP) is 2.84. The van der Waals surface area contributed by atoms with Crippen molar-refractivity contribution in [1.82, 2.24) is 9.80 Å². The summed E-state index contributed by atoms with van der Waals surface area (Å²) < 4.78 is 5.43. The van der Waals surface area contributed by atoms with Gasteiger partial charge in [-0.15, -0.1) is 0 Å². The lowest BCUT2D eigenvalue weighted by Gasteiger charge is -2.42. The molecule has 0 bridgehead atoms. The first-order valence-electron chi connectivity index (χ1n) is 9.16. The van der Waals surface area contributed by atoms with Crippen LogP contribution in [0, 0.1) is 19.8 Å². The van der Waals surface area contributed by atoms with Crippen LogP contribution in [0.25, 0.3) is 0 Å². The number of methoxy groups -OCH3 is 1. The summed E-state index contributed by atoms with van der Waals surface area (Å²) >= 11 is 0. The van der Waals surface area contributed by atoms with Crippen molar-refractivity contribution < 1.29 is 9.84 Å². The second-order valence-corrected chi connectivity index (χ2v) is 7.47. The molecule has 2 rings (SSSR count). The van der Waals surface area contributed by atoms with Gasteiger partial charge in [0.05, 0.1) is 7.11 Å². The van der Waals surface area contributed by atoms with E-state index in [1.807, 2.05) is 0 Å². The van der Waals surface area contributed by atoms with Crippen LogP contribution in [0.2, 0.25) is 0 Å². The van der Waals surface area contributed by atoms with Crippen LogP contribution in [0.1, 0.15) is 37.0 Å². The van der Waals surface area contributed by atoms with E-state index >= 15 is 0 Å². The van der Waals surface area contributed by atoms with E-state index in [1.54, 1.807) is 7.11 Å². The molecule has 0 unspecified atom stereocenters. The molecule has 1 aliphatic rings. The summed E-state index contributed by atoms with van der Waals surface area (Å²) in [7, 11) is 1.73. The van der Waals surface area contributed by atoms with Crippen LogP contribution in [0.15, 0.2) is 12.1 Å². The topological polar surface area (TPSA) is 35.9 Å². The number of aliphatic hydroxyl groups excluding tert-OH is 1. The molecule has 1 saturated heterocycles. The van der Waals surface area contributed by atoms with Gasteiger partial charge in [0.15, 0.2) is 0 Å². The molecule has 1 aromatic rings. The molecule has 1 atom stereocenters. The first-order chi connectivity index (χ1) is 11.5. The highest BCUT2D eigenvalue weighted by Crippen LogP contribution is 2.26. The standard InChI is InChI=1S/C20H34N2O2/c1-15(2)12-21-9-10-22(19(14-21)8-11-23)13-18-6-7-20(24-5)17(4)16(18)3/h6-7,15,19,23H,8-14H2,1-5H3/t19-/m1/s1. The fraction of sp³-hybridized carbons (Fsp3) is 0.700. The van der Waals surface area contributed by atoms with Crippen LogP contribution in [-0.2, 0) is 6.54 Å². The number of hydrogen-bond acceptors (Lipinski definition) is 4. The maximum absolute atomic E-state index is 9.48. The lowest BCUT2D eigenvalue weighted by molar-refractivity contribution is 0.0482. The molecule has 1 aromatic carbocycles. The lowest BCUT2D eigenvalue weighted by Crippen LogP contribution is -2.53. The molecule has 4 heteroatoms. The third-order valence-corrected chi connectivity index (χ3v) is 5.22. The number of benzene rings is 1. The van der Waals surface area contributed by atoms with E-state index in [9.17, 15) is 5.11 Å². The fourth-order valence-corrected chi connectivity index (χ4v) is 3.73. The Bertz CT molecular complexity index is 531. The van der Waals surface area contributed by atoms with Crippen molar-refractivity contribution in [3.8, 4) is 5.75 Å². The van der Waals surface area contributed by atoms with Crippen molar-refractivity contribution in [1.29, 1.82) is 0 Å². The Balaban J connectivity index is 2.09. The first kappa shape index (κ1) is 19.2. The van der Waals surface area contributed by atoms with E-state index in [1.165, 1.54) is 16.7 Å². The summed E-state index contributed by atoms with van der Waals surface area (Å²) in [6.45, 7) is 14.5. The van der Waals surface area contributed by atoms with Crippen LogP contribution in [0.4, 0.5) is 0 Å². The van der Waals surface area contributed by atoms with Crippen LogP contribution in [-0.4, -0.2) is 60.8 Å². The minimum absolute atomic E-state index is 0.261. The van der Waals surface area contributed by atoms with Crippen molar-refractivity contribution in [3.05, 3.63) is 28.8 Å². The van der Waals surface area contributed by atoms with Crippen LogP contribution < -0.4 is 4.74 Å². The highest BCUT2D eigenvalue weighted by Gasteiger charge is 2.27. The van der Waals surface area contributed by atoms with Gasteiger partial charge >= 0.3 is 0 Å². The van der Waals surface area contributed by atoms with Gasteiger partial charge in [-0.2, -0.15) is 0 Å². The van der Waals surface area contributed by atoms with Gasteiger partial charge in [-0.3, -0.25) is 4.90 Å². The van der Waals surface area contributed by atoms with E-state index in [-0.39, 0.29) is 6.61 Å². The van der Waals surface area contributed by atoms with Gasteiger partial charge in [-0.25, -0.2) is 0 Å². The number of piperazine rings is 1. The number of nitrogens with zero attached hydrogens (tertiary/aromatic N) is 2. The Morgan fingerprint density at radius 2 is 1.96 bits per heavy atom. The zero-order valence-corrected chi connectivity index (χ0v) is 16.0.